The number of rotatable bonds is 3. The highest BCUT2D eigenvalue weighted by Crippen LogP contribution is 2.45. The maximum Gasteiger partial charge on any atom is 0.416 e. The highest BCUT2D eigenvalue weighted by molar-refractivity contribution is 7.99. The molecule has 1 aliphatic heterocycles. The number of nitrogens with two attached hydrogens (primary N) is 1. The van der Waals surface area contributed by atoms with Crippen LogP contribution < -0.4 is 11.1 Å². The number of alkyl halides is 3. The Morgan fingerprint density at radius 1 is 1.11 bits per heavy atom. The van der Waals surface area contributed by atoms with Crippen LogP contribution in [0.4, 0.5) is 18.9 Å². The van der Waals surface area contributed by atoms with Gasteiger partial charge in [-0.1, -0.05) is 36.4 Å². The Balaban J connectivity index is 1.63. The quantitative estimate of drug-likeness (QED) is 0.601. The van der Waals surface area contributed by atoms with E-state index in [0.717, 1.165) is 41.7 Å². The van der Waals surface area contributed by atoms with Gasteiger partial charge in [-0.25, -0.2) is 0 Å². The zero-order valence-electron chi connectivity index (χ0n) is 15.0. The van der Waals surface area contributed by atoms with Crippen molar-refractivity contribution < 1.29 is 13.2 Å². The smallest absolute Gasteiger partial charge is 0.384 e. The van der Waals surface area contributed by atoms with Gasteiger partial charge in [0, 0.05) is 34.5 Å². The molecule has 4 rings (SSSR count). The van der Waals surface area contributed by atoms with Gasteiger partial charge in [-0.2, -0.15) is 13.2 Å². The molecule has 1 fully saturated rings. The summed E-state index contributed by atoms with van der Waals surface area (Å²) in [7, 11) is 0. The van der Waals surface area contributed by atoms with Gasteiger partial charge in [0.15, 0.2) is 0 Å². The van der Waals surface area contributed by atoms with Crippen LogP contribution in [-0.2, 0) is 12.6 Å². The Kier molecular flexibility index (Phi) is 5.12. The molecule has 3 N–H and O–H groups in total. The molecule has 6 heteroatoms. The highest BCUT2D eigenvalue weighted by atomic mass is 32.2. The lowest BCUT2D eigenvalue weighted by Gasteiger charge is -2.29. The van der Waals surface area contributed by atoms with E-state index in [9.17, 15) is 13.2 Å². The van der Waals surface area contributed by atoms with Gasteiger partial charge >= 0.3 is 6.18 Å². The molecular formula is C21H23F3N2S. The van der Waals surface area contributed by atoms with Crippen molar-refractivity contribution in [2.45, 2.75) is 54.1 Å². The lowest BCUT2D eigenvalue weighted by molar-refractivity contribution is -0.137. The first kappa shape index (κ1) is 18.7. The van der Waals surface area contributed by atoms with Gasteiger partial charge in [0.2, 0.25) is 0 Å². The van der Waals surface area contributed by atoms with Crippen molar-refractivity contribution in [2.24, 2.45) is 11.7 Å². The number of benzene rings is 2. The van der Waals surface area contributed by atoms with Gasteiger partial charge in [-0.3, -0.25) is 0 Å². The largest absolute Gasteiger partial charge is 0.416 e. The lowest BCUT2D eigenvalue weighted by atomic mass is 9.86. The fourth-order valence-electron chi connectivity index (χ4n) is 4.07. The minimum Gasteiger partial charge on any atom is -0.384 e. The van der Waals surface area contributed by atoms with E-state index >= 15 is 0 Å². The molecule has 2 aliphatic rings. The minimum absolute atomic E-state index is 0.211. The van der Waals surface area contributed by atoms with Crippen molar-refractivity contribution in [3.05, 3.63) is 53.1 Å². The van der Waals surface area contributed by atoms with E-state index in [1.807, 2.05) is 24.3 Å². The molecule has 2 aromatic carbocycles. The van der Waals surface area contributed by atoms with E-state index in [0.29, 0.717) is 29.5 Å². The second kappa shape index (κ2) is 7.40. The zero-order chi connectivity index (χ0) is 19.0. The Morgan fingerprint density at radius 3 is 2.70 bits per heavy atom. The third-order valence-electron chi connectivity index (χ3n) is 5.50. The SMILES string of the molecule is N[C@@H]1CCC[C@@H](CNc2cc(C(F)(F)F)cc3c2Cc2ccccc2S3)C1. The number of nitrogens with one attached hydrogen (secondary N) is 1. The number of hydrogen-bond acceptors (Lipinski definition) is 3. The first-order valence-electron chi connectivity index (χ1n) is 9.39. The maximum atomic E-state index is 13.4. The topological polar surface area (TPSA) is 38.0 Å². The molecule has 1 heterocycles. The Morgan fingerprint density at radius 2 is 1.93 bits per heavy atom. The predicted octanol–water partition coefficient (Wildman–Crippen LogP) is 5.69. The first-order valence-corrected chi connectivity index (χ1v) is 10.2. The molecule has 1 saturated carbocycles. The van der Waals surface area contributed by atoms with Crippen molar-refractivity contribution >= 4 is 17.4 Å². The molecule has 0 spiro atoms. The van der Waals surface area contributed by atoms with E-state index in [2.05, 4.69) is 5.32 Å². The lowest BCUT2D eigenvalue weighted by Crippen LogP contribution is -2.31. The summed E-state index contributed by atoms with van der Waals surface area (Å²) in [5, 5.41) is 3.34. The first-order chi connectivity index (χ1) is 12.9. The van der Waals surface area contributed by atoms with Crippen LogP contribution in [0.1, 0.15) is 42.4 Å². The predicted molar refractivity (Wildman–Crippen MR) is 103 cm³/mol. The highest BCUT2D eigenvalue weighted by Gasteiger charge is 2.33. The normalized spacial score (nSPS) is 22.1. The van der Waals surface area contributed by atoms with E-state index < -0.39 is 11.7 Å². The molecule has 0 bridgehead atoms. The van der Waals surface area contributed by atoms with Gasteiger partial charge in [-0.05, 0) is 54.5 Å². The Bertz CT molecular complexity index is 835. The van der Waals surface area contributed by atoms with Crippen LogP contribution in [-0.4, -0.2) is 12.6 Å². The number of hydrogen-bond donors (Lipinski definition) is 2. The average molecular weight is 392 g/mol. The summed E-state index contributed by atoms with van der Waals surface area (Å²) >= 11 is 1.43. The third-order valence-corrected chi connectivity index (χ3v) is 6.70. The van der Waals surface area contributed by atoms with Gasteiger partial charge in [-0.15, -0.1) is 0 Å². The third kappa shape index (κ3) is 4.11. The summed E-state index contributed by atoms with van der Waals surface area (Å²) in [4.78, 5) is 1.74. The van der Waals surface area contributed by atoms with Gasteiger partial charge in [0.1, 0.15) is 0 Å². The van der Waals surface area contributed by atoms with Crippen molar-refractivity contribution in [3.63, 3.8) is 0 Å². The Labute approximate surface area is 161 Å². The van der Waals surface area contributed by atoms with Crippen LogP contribution in [0.3, 0.4) is 0 Å². The van der Waals surface area contributed by atoms with Crippen LogP contribution in [0.5, 0.6) is 0 Å². The van der Waals surface area contributed by atoms with Crippen molar-refractivity contribution in [1.82, 2.24) is 0 Å². The van der Waals surface area contributed by atoms with E-state index in [4.69, 9.17) is 5.73 Å². The molecule has 2 nitrogen and oxygen atoms in total. The maximum absolute atomic E-state index is 13.4. The van der Waals surface area contributed by atoms with Crippen molar-refractivity contribution in [3.8, 4) is 0 Å². The van der Waals surface area contributed by atoms with E-state index in [1.54, 1.807) is 0 Å². The molecule has 27 heavy (non-hydrogen) atoms. The molecule has 0 aromatic heterocycles. The van der Waals surface area contributed by atoms with Gasteiger partial charge < -0.3 is 11.1 Å². The molecule has 144 valence electrons. The molecular weight excluding hydrogens is 369 g/mol. The monoisotopic (exact) mass is 392 g/mol. The molecule has 0 radical (unpaired) electrons. The fraction of sp³-hybridized carbons (Fsp3) is 0.429. The number of fused-ring (bicyclic) bond motifs is 2. The second-order valence-corrected chi connectivity index (χ2v) is 8.64. The summed E-state index contributed by atoms with van der Waals surface area (Å²) < 4.78 is 40.3. The van der Waals surface area contributed by atoms with Crippen LogP contribution >= 0.6 is 11.8 Å². The standard InChI is InChI=1S/C21H23F3N2S/c22-21(23,24)15-10-18(26-12-13-4-3-6-16(25)8-13)17-9-14-5-1-2-7-19(14)27-20(17)11-15/h1-2,5,7,10-11,13,16,26H,3-4,6,8-9,12,25H2/t13-,16-/m1/s1. The summed E-state index contributed by atoms with van der Waals surface area (Å²) in [5.41, 5.74) is 8.21. The number of anilines is 1. The summed E-state index contributed by atoms with van der Waals surface area (Å²) in [5.74, 6) is 0.419. The molecule has 2 aromatic rings. The summed E-state index contributed by atoms with van der Waals surface area (Å²) in [6, 6.07) is 10.7. The van der Waals surface area contributed by atoms with E-state index in [1.165, 1.54) is 23.9 Å². The van der Waals surface area contributed by atoms with Gasteiger partial charge in [0.05, 0.1) is 5.56 Å². The van der Waals surface area contributed by atoms with Crippen LogP contribution in [0.2, 0.25) is 0 Å². The van der Waals surface area contributed by atoms with Crippen LogP contribution in [0.15, 0.2) is 46.2 Å². The van der Waals surface area contributed by atoms with Gasteiger partial charge in [0.25, 0.3) is 0 Å². The molecule has 0 amide bonds. The van der Waals surface area contributed by atoms with Crippen molar-refractivity contribution in [1.29, 1.82) is 0 Å². The van der Waals surface area contributed by atoms with Crippen LogP contribution in [0.25, 0.3) is 0 Å². The summed E-state index contributed by atoms with van der Waals surface area (Å²) in [6.45, 7) is 0.674. The second-order valence-electron chi connectivity index (χ2n) is 7.56. The molecule has 2 atom stereocenters. The Hall–Kier alpha value is -1.66. The fourth-order valence-corrected chi connectivity index (χ4v) is 5.22. The molecule has 1 aliphatic carbocycles. The van der Waals surface area contributed by atoms with Crippen molar-refractivity contribution in [2.75, 3.05) is 11.9 Å². The minimum atomic E-state index is -4.35. The van der Waals surface area contributed by atoms with Crippen LogP contribution in [0, 0.1) is 5.92 Å². The summed E-state index contributed by atoms with van der Waals surface area (Å²) in [6.07, 6.45) is 0.463. The number of halogens is 3. The molecule has 0 unspecified atom stereocenters. The van der Waals surface area contributed by atoms with E-state index in [-0.39, 0.29) is 6.04 Å². The molecule has 0 saturated heterocycles. The average Bonchev–Trinajstić information content (AvgIpc) is 2.63. The zero-order valence-corrected chi connectivity index (χ0v) is 15.8.